The second kappa shape index (κ2) is 8.41. The van der Waals surface area contributed by atoms with E-state index in [9.17, 15) is 13.2 Å². The monoisotopic (exact) mass is 331 g/mol. The smallest absolute Gasteiger partial charge is 0.251 e. The van der Waals surface area contributed by atoms with E-state index in [1.54, 1.807) is 24.8 Å². The molecule has 0 atom stereocenters. The summed E-state index contributed by atoms with van der Waals surface area (Å²) in [7, 11) is -3.32. The lowest BCUT2D eigenvalue weighted by molar-refractivity contribution is 0.0955. The van der Waals surface area contributed by atoms with Gasteiger partial charge in [0.2, 0.25) is 0 Å². The molecule has 5 nitrogen and oxygen atoms in total. The number of rotatable bonds is 8. The lowest BCUT2D eigenvalue weighted by Gasteiger charge is -2.09. The summed E-state index contributed by atoms with van der Waals surface area (Å²) in [6, 6.07) is 4.56. The molecule has 1 aromatic carbocycles. The zero-order chi connectivity index (χ0) is 15.9. The van der Waals surface area contributed by atoms with Crippen LogP contribution in [0.3, 0.4) is 0 Å². The van der Waals surface area contributed by atoms with Crippen molar-refractivity contribution in [2.24, 2.45) is 0 Å². The number of thioether (sulfide) groups is 1. The van der Waals surface area contributed by atoms with Crippen LogP contribution >= 0.6 is 11.8 Å². The Kier molecular flexibility index (Phi) is 7.21. The minimum absolute atomic E-state index is 0.149. The average Bonchev–Trinajstić information content (AvgIpc) is 2.41. The molecule has 0 radical (unpaired) electrons. The number of aliphatic hydroxyl groups is 1. The van der Waals surface area contributed by atoms with E-state index in [0.29, 0.717) is 12.1 Å². The van der Waals surface area contributed by atoms with Crippen LogP contribution in [0.4, 0.5) is 0 Å². The van der Waals surface area contributed by atoms with Gasteiger partial charge in [-0.2, -0.15) is 11.8 Å². The first kappa shape index (κ1) is 18.0. The van der Waals surface area contributed by atoms with Crippen LogP contribution in [0.25, 0.3) is 0 Å². The molecule has 2 N–H and O–H groups in total. The van der Waals surface area contributed by atoms with Crippen molar-refractivity contribution in [3.05, 3.63) is 29.3 Å². The molecule has 0 aliphatic rings. The number of nitrogens with one attached hydrogen (secondary N) is 1. The van der Waals surface area contributed by atoms with Crippen LogP contribution < -0.4 is 5.32 Å². The second-order valence-electron chi connectivity index (χ2n) is 4.69. The standard InChI is InChI=1S/C14H21NO4S2/c1-11-4-5-12(21(2,18)19)10-13(11)14(17)15-6-9-20-8-3-7-16/h4-5,10,16H,3,6-9H2,1-2H3,(H,15,17). The molecule has 7 heteroatoms. The van der Waals surface area contributed by atoms with Gasteiger partial charge in [-0.15, -0.1) is 0 Å². The Bertz CT molecular complexity index is 585. The van der Waals surface area contributed by atoms with E-state index >= 15 is 0 Å². The minimum atomic E-state index is -3.32. The van der Waals surface area contributed by atoms with Crippen LogP contribution in [-0.4, -0.2) is 50.3 Å². The highest BCUT2D eigenvalue weighted by Gasteiger charge is 2.14. The molecule has 0 unspecified atom stereocenters. The molecule has 0 bridgehead atoms. The molecule has 0 spiro atoms. The number of hydrogen-bond acceptors (Lipinski definition) is 5. The van der Waals surface area contributed by atoms with Gasteiger partial charge < -0.3 is 10.4 Å². The van der Waals surface area contributed by atoms with Gasteiger partial charge in [0.25, 0.3) is 5.91 Å². The molecule has 0 saturated carbocycles. The third-order valence-electron chi connectivity index (χ3n) is 2.86. The van der Waals surface area contributed by atoms with Crippen molar-refractivity contribution >= 4 is 27.5 Å². The van der Waals surface area contributed by atoms with Crippen LogP contribution in [-0.2, 0) is 9.84 Å². The lowest BCUT2D eigenvalue weighted by atomic mass is 10.1. The first-order valence-corrected chi connectivity index (χ1v) is 9.68. The number of benzene rings is 1. The topological polar surface area (TPSA) is 83.5 Å². The Morgan fingerprint density at radius 1 is 1.33 bits per heavy atom. The average molecular weight is 331 g/mol. The maximum atomic E-state index is 12.1. The molecule has 0 aromatic heterocycles. The second-order valence-corrected chi connectivity index (χ2v) is 7.93. The Morgan fingerprint density at radius 3 is 2.67 bits per heavy atom. The van der Waals surface area contributed by atoms with Gasteiger partial charge in [-0.25, -0.2) is 8.42 Å². The van der Waals surface area contributed by atoms with Crippen LogP contribution in [0.1, 0.15) is 22.3 Å². The molecule has 1 rings (SSSR count). The predicted molar refractivity (Wildman–Crippen MR) is 85.6 cm³/mol. The maximum Gasteiger partial charge on any atom is 0.251 e. The number of hydrogen-bond donors (Lipinski definition) is 2. The van der Waals surface area contributed by atoms with Crippen molar-refractivity contribution in [2.75, 3.05) is 30.9 Å². The molecule has 0 aliphatic carbocycles. The highest BCUT2D eigenvalue weighted by Crippen LogP contribution is 2.15. The fraction of sp³-hybridized carbons (Fsp3) is 0.500. The number of carbonyl (C=O) groups excluding carboxylic acids is 1. The Balaban J connectivity index is 2.62. The van der Waals surface area contributed by atoms with Crippen LogP contribution in [0.2, 0.25) is 0 Å². The van der Waals surface area contributed by atoms with E-state index in [4.69, 9.17) is 5.11 Å². The van der Waals surface area contributed by atoms with Crippen LogP contribution in [0.15, 0.2) is 23.1 Å². The molecule has 118 valence electrons. The summed E-state index contributed by atoms with van der Waals surface area (Å²) in [5.74, 6) is 1.35. The highest BCUT2D eigenvalue weighted by molar-refractivity contribution is 7.99. The first-order valence-electron chi connectivity index (χ1n) is 6.63. The highest BCUT2D eigenvalue weighted by atomic mass is 32.2. The van der Waals surface area contributed by atoms with Crippen molar-refractivity contribution in [3.63, 3.8) is 0 Å². The van der Waals surface area contributed by atoms with Crippen molar-refractivity contribution in [1.82, 2.24) is 5.32 Å². The van der Waals surface area contributed by atoms with Gasteiger partial charge in [0.15, 0.2) is 9.84 Å². The fourth-order valence-electron chi connectivity index (χ4n) is 1.68. The largest absolute Gasteiger partial charge is 0.396 e. The number of amides is 1. The van der Waals surface area contributed by atoms with Gasteiger partial charge in [-0.1, -0.05) is 6.07 Å². The first-order chi connectivity index (χ1) is 9.86. The molecule has 0 aliphatic heterocycles. The number of carbonyl (C=O) groups is 1. The molecule has 1 amide bonds. The van der Waals surface area contributed by atoms with Gasteiger partial charge in [0, 0.05) is 30.7 Å². The van der Waals surface area contributed by atoms with E-state index in [1.165, 1.54) is 12.1 Å². The zero-order valence-corrected chi connectivity index (χ0v) is 13.9. The number of sulfone groups is 1. The fourth-order valence-corrected chi connectivity index (χ4v) is 3.11. The molecule has 0 fully saturated rings. The molecule has 1 aromatic rings. The van der Waals surface area contributed by atoms with E-state index in [-0.39, 0.29) is 17.4 Å². The van der Waals surface area contributed by atoms with Gasteiger partial charge in [-0.05, 0) is 36.8 Å². The minimum Gasteiger partial charge on any atom is -0.396 e. The normalized spacial score (nSPS) is 11.4. The summed E-state index contributed by atoms with van der Waals surface area (Å²) in [5.41, 5.74) is 1.13. The summed E-state index contributed by atoms with van der Waals surface area (Å²) < 4.78 is 23.0. The van der Waals surface area contributed by atoms with Gasteiger partial charge in [-0.3, -0.25) is 4.79 Å². The Labute approximate surface area is 130 Å². The van der Waals surface area contributed by atoms with Crippen LogP contribution in [0.5, 0.6) is 0 Å². The van der Waals surface area contributed by atoms with Crippen molar-refractivity contribution < 1.29 is 18.3 Å². The summed E-state index contributed by atoms with van der Waals surface area (Å²) in [6.07, 6.45) is 1.87. The third kappa shape index (κ3) is 6.07. The third-order valence-corrected chi connectivity index (χ3v) is 5.04. The number of aliphatic hydroxyl groups excluding tert-OH is 1. The maximum absolute atomic E-state index is 12.1. The van der Waals surface area contributed by atoms with Crippen molar-refractivity contribution in [1.29, 1.82) is 0 Å². The van der Waals surface area contributed by atoms with E-state index < -0.39 is 9.84 Å². The predicted octanol–water partition coefficient (Wildman–Crippen LogP) is 1.24. The van der Waals surface area contributed by atoms with Gasteiger partial charge in [0.1, 0.15) is 0 Å². The Hall–Kier alpha value is -1.05. The quantitative estimate of drug-likeness (QED) is 0.700. The van der Waals surface area contributed by atoms with Gasteiger partial charge in [0.05, 0.1) is 4.90 Å². The van der Waals surface area contributed by atoms with Crippen LogP contribution in [0, 0.1) is 6.92 Å². The summed E-state index contributed by atoms with van der Waals surface area (Å²) in [4.78, 5) is 12.2. The zero-order valence-electron chi connectivity index (χ0n) is 12.3. The van der Waals surface area contributed by atoms with Gasteiger partial charge >= 0.3 is 0 Å². The Morgan fingerprint density at radius 2 is 2.05 bits per heavy atom. The van der Waals surface area contributed by atoms with E-state index in [1.807, 2.05) is 0 Å². The number of aryl methyl sites for hydroxylation is 1. The lowest BCUT2D eigenvalue weighted by Crippen LogP contribution is -2.26. The van der Waals surface area contributed by atoms with Crippen molar-refractivity contribution in [2.45, 2.75) is 18.2 Å². The summed E-state index contributed by atoms with van der Waals surface area (Å²) >= 11 is 1.66. The molecular formula is C14H21NO4S2. The summed E-state index contributed by atoms with van der Waals surface area (Å²) in [5, 5.41) is 11.4. The molecule has 0 saturated heterocycles. The summed E-state index contributed by atoms with van der Waals surface area (Å²) in [6.45, 7) is 2.46. The van der Waals surface area contributed by atoms with E-state index in [0.717, 1.165) is 29.7 Å². The molecular weight excluding hydrogens is 310 g/mol. The van der Waals surface area contributed by atoms with Crippen molar-refractivity contribution in [3.8, 4) is 0 Å². The molecule has 21 heavy (non-hydrogen) atoms. The van der Waals surface area contributed by atoms with E-state index in [2.05, 4.69) is 5.32 Å². The molecule has 0 heterocycles. The SMILES string of the molecule is Cc1ccc(S(C)(=O)=O)cc1C(=O)NCCSCCCO.